The summed E-state index contributed by atoms with van der Waals surface area (Å²) in [6.45, 7) is 2.30. The average Bonchev–Trinajstić information content (AvgIpc) is 2.19. The molecular formula is C9H9N3O. The van der Waals surface area contributed by atoms with E-state index in [2.05, 4.69) is 9.97 Å². The fourth-order valence-corrected chi connectivity index (χ4v) is 0.731. The van der Waals surface area contributed by atoms with Gasteiger partial charge in [-0.2, -0.15) is 5.26 Å². The van der Waals surface area contributed by atoms with E-state index < -0.39 is 0 Å². The molecule has 0 saturated carbocycles. The van der Waals surface area contributed by atoms with Crippen molar-refractivity contribution < 1.29 is 4.74 Å². The molecule has 0 radical (unpaired) electrons. The zero-order valence-corrected chi connectivity index (χ0v) is 7.27. The van der Waals surface area contributed by atoms with Crippen LogP contribution in [-0.4, -0.2) is 16.6 Å². The van der Waals surface area contributed by atoms with Crippen molar-refractivity contribution in [2.45, 2.75) is 6.92 Å². The Kier molecular flexibility index (Phi) is 3.45. The Morgan fingerprint density at radius 2 is 2.31 bits per heavy atom. The highest BCUT2D eigenvalue weighted by atomic mass is 16.5. The molecule has 0 unspecified atom stereocenters. The minimum Gasteiger partial charge on any atom is -0.471 e. The summed E-state index contributed by atoms with van der Waals surface area (Å²) in [7, 11) is 0. The van der Waals surface area contributed by atoms with Gasteiger partial charge in [0.1, 0.15) is 12.7 Å². The standard InChI is InChI=1S/C9H9N3O/c1-2-3-6-13-9-8(7-10)11-4-5-12-9/h2-5H,6H2,1H3. The summed E-state index contributed by atoms with van der Waals surface area (Å²) in [6, 6.07) is 1.90. The SMILES string of the molecule is CC=CCOc1nccnc1C#N. The van der Waals surface area contributed by atoms with Gasteiger partial charge in [0, 0.05) is 12.4 Å². The Morgan fingerprint density at radius 1 is 1.54 bits per heavy atom. The number of ether oxygens (including phenoxy) is 1. The number of nitrogens with zero attached hydrogens (tertiary/aromatic N) is 3. The van der Waals surface area contributed by atoms with Gasteiger partial charge in [0.05, 0.1) is 0 Å². The summed E-state index contributed by atoms with van der Waals surface area (Å²) in [5, 5.41) is 8.62. The van der Waals surface area contributed by atoms with Gasteiger partial charge >= 0.3 is 0 Å². The van der Waals surface area contributed by atoms with Crippen LogP contribution < -0.4 is 4.74 Å². The monoisotopic (exact) mass is 175 g/mol. The van der Waals surface area contributed by atoms with E-state index in [1.54, 1.807) is 0 Å². The molecule has 1 aromatic heterocycles. The van der Waals surface area contributed by atoms with E-state index in [0.717, 1.165) is 0 Å². The predicted molar refractivity (Wildman–Crippen MR) is 47.1 cm³/mol. The Labute approximate surface area is 76.5 Å². The number of nitriles is 1. The average molecular weight is 175 g/mol. The minimum atomic E-state index is 0.215. The third-order valence-corrected chi connectivity index (χ3v) is 1.32. The second-order valence-corrected chi connectivity index (χ2v) is 2.20. The van der Waals surface area contributed by atoms with E-state index in [-0.39, 0.29) is 11.6 Å². The smallest absolute Gasteiger partial charge is 0.251 e. The van der Waals surface area contributed by atoms with Gasteiger partial charge in [0.25, 0.3) is 5.88 Å². The number of allylic oxidation sites excluding steroid dienone is 1. The lowest BCUT2D eigenvalue weighted by molar-refractivity contribution is 0.345. The zero-order chi connectivity index (χ0) is 9.52. The molecule has 0 bridgehead atoms. The van der Waals surface area contributed by atoms with Crippen molar-refractivity contribution in [1.82, 2.24) is 9.97 Å². The van der Waals surface area contributed by atoms with Crippen LogP contribution in [0.4, 0.5) is 0 Å². The summed E-state index contributed by atoms with van der Waals surface area (Å²) in [6.07, 6.45) is 6.64. The van der Waals surface area contributed by atoms with Crippen molar-refractivity contribution in [3.8, 4) is 11.9 Å². The van der Waals surface area contributed by atoms with Crippen LogP contribution in [0.5, 0.6) is 5.88 Å². The van der Waals surface area contributed by atoms with Crippen LogP contribution in [0.25, 0.3) is 0 Å². The van der Waals surface area contributed by atoms with Crippen LogP contribution in [0.1, 0.15) is 12.6 Å². The van der Waals surface area contributed by atoms with Crippen molar-refractivity contribution in [3.63, 3.8) is 0 Å². The molecule has 0 fully saturated rings. The molecule has 0 spiro atoms. The second-order valence-electron chi connectivity index (χ2n) is 2.20. The molecule has 0 aliphatic carbocycles. The van der Waals surface area contributed by atoms with Crippen LogP contribution in [0.15, 0.2) is 24.5 Å². The molecule has 0 aliphatic rings. The Morgan fingerprint density at radius 3 is 3.00 bits per heavy atom. The molecule has 4 nitrogen and oxygen atoms in total. The first-order valence-electron chi connectivity index (χ1n) is 3.83. The third-order valence-electron chi connectivity index (χ3n) is 1.32. The first kappa shape index (κ1) is 9.20. The van der Waals surface area contributed by atoms with Crippen molar-refractivity contribution in [2.24, 2.45) is 0 Å². The highest BCUT2D eigenvalue weighted by Crippen LogP contribution is 2.08. The molecule has 0 aromatic carbocycles. The van der Waals surface area contributed by atoms with Crippen LogP contribution in [-0.2, 0) is 0 Å². The zero-order valence-electron chi connectivity index (χ0n) is 7.27. The number of hydrogen-bond acceptors (Lipinski definition) is 4. The van der Waals surface area contributed by atoms with E-state index in [4.69, 9.17) is 10.00 Å². The van der Waals surface area contributed by atoms with Crippen LogP contribution in [0, 0.1) is 11.3 Å². The number of hydrogen-bond donors (Lipinski definition) is 0. The maximum atomic E-state index is 8.62. The van der Waals surface area contributed by atoms with E-state index in [9.17, 15) is 0 Å². The van der Waals surface area contributed by atoms with Gasteiger partial charge in [0.15, 0.2) is 0 Å². The van der Waals surface area contributed by atoms with Gasteiger partial charge in [-0.05, 0) is 6.92 Å². The summed E-state index contributed by atoms with van der Waals surface area (Å²) in [5.74, 6) is 0.281. The van der Waals surface area contributed by atoms with E-state index in [0.29, 0.717) is 6.61 Å². The first-order chi connectivity index (χ1) is 6.38. The topological polar surface area (TPSA) is 58.8 Å². The molecule has 1 rings (SSSR count). The summed E-state index contributed by atoms with van der Waals surface area (Å²) in [5.41, 5.74) is 0.215. The quantitative estimate of drug-likeness (QED) is 0.650. The maximum absolute atomic E-state index is 8.62. The van der Waals surface area contributed by atoms with Gasteiger partial charge in [0.2, 0.25) is 5.69 Å². The fraction of sp³-hybridized carbons (Fsp3) is 0.222. The molecule has 66 valence electrons. The van der Waals surface area contributed by atoms with Crippen LogP contribution in [0.3, 0.4) is 0 Å². The summed E-state index contributed by atoms with van der Waals surface area (Å²) < 4.78 is 5.19. The molecule has 1 heterocycles. The molecule has 0 aliphatic heterocycles. The van der Waals surface area contributed by atoms with E-state index in [1.165, 1.54) is 12.4 Å². The van der Waals surface area contributed by atoms with Crippen LogP contribution >= 0.6 is 0 Å². The van der Waals surface area contributed by atoms with Gasteiger partial charge in [-0.1, -0.05) is 12.2 Å². The normalized spacial score (nSPS) is 9.85. The van der Waals surface area contributed by atoms with Crippen molar-refractivity contribution >= 4 is 0 Å². The molecule has 0 amide bonds. The van der Waals surface area contributed by atoms with Crippen molar-refractivity contribution in [3.05, 3.63) is 30.2 Å². The lowest BCUT2D eigenvalue weighted by atomic mass is 10.4. The van der Waals surface area contributed by atoms with Gasteiger partial charge in [-0.3, -0.25) is 0 Å². The lowest BCUT2D eigenvalue weighted by Crippen LogP contribution is -1.99. The van der Waals surface area contributed by atoms with E-state index >= 15 is 0 Å². The third kappa shape index (κ3) is 2.56. The minimum absolute atomic E-state index is 0.215. The molecule has 13 heavy (non-hydrogen) atoms. The molecular weight excluding hydrogens is 166 g/mol. The highest BCUT2D eigenvalue weighted by molar-refractivity contribution is 5.29. The second kappa shape index (κ2) is 4.88. The summed E-state index contributed by atoms with van der Waals surface area (Å²) in [4.78, 5) is 7.68. The Bertz CT molecular complexity index is 341. The van der Waals surface area contributed by atoms with Gasteiger partial charge in [-0.25, -0.2) is 9.97 Å². The van der Waals surface area contributed by atoms with Crippen LogP contribution in [0.2, 0.25) is 0 Å². The summed E-state index contributed by atoms with van der Waals surface area (Å²) >= 11 is 0. The molecule has 1 aromatic rings. The molecule has 0 atom stereocenters. The fourth-order valence-electron chi connectivity index (χ4n) is 0.731. The van der Waals surface area contributed by atoms with Gasteiger partial charge in [-0.15, -0.1) is 0 Å². The predicted octanol–water partition coefficient (Wildman–Crippen LogP) is 1.30. The maximum Gasteiger partial charge on any atom is 0.251 e. The molecule has 0 N–H and O–H groups in total. The lowest BCUT2D eigenvalue weighted by Gasteiger charge is -2.01. The first-order valence-corrected chi connectivity index (χ1v) is 3.83. The van der Waals surface area contributed by atoms with E-state index in [1.807, 2.05) is 25.1 Å². The Balaban J connectivity index is 2.71. The van der Waals surface area contributed by atoms with Crippen molar-refractivity contribution in [1.29, 1.82) is 5.26 Å². The largest absolute Gasteiger partial charge is 0.471 e. The molecule has 0 saturated heterocycles. The highest BCUT2D eigenvalue weighted by Gasteiger charge is 2.02. The number of rotatable bonds is 3. The molecule has 4 heteroatoms. The number of aromatic nitrogens is 2. The van der Waals surface area contributed by atoms with Gasteiger partial charge < -0.3 is 4.74 Å². The Hall–Kier alpha value is -1.89. The van der Waals surface area contributed by atoms with Crippen molar-refractivity contribution in [2.75, 3.05) is 6.61 Å².